The number of ether oxygens (including phenoxy) is 1. The molecule has 0 saturated carbocycles. The van der Waals surface area contributed by atoms with Crippen LogP contribution in [0.25, 0.3) is 0 Å². The van der Waals surface area contributed by atoms with Gasteiger partial charge in [-0.2, -0.15) is 4.98 Å². The monoisotopic (exact) mass is 358 g/mol. The molecule has 8 heteroatoms. The van der Waals surface area contributed by atoms with Crippen molar-refractivity contribution in [2.45, 2.75) is 19.6 Å². The van der Waals surface area contributed by atoms with Crippen molar-refractivity contribution in [1.29, 1.82) is 0 Å². The van der Waals surface area contributed by atoms with Crippen LogP contribution in [-0.2, 0) is 6.61 Å². The lowest BCUT2D eigenvalue weighted by Gasteiger charge is -2.30. The quantitative estimate of drug-likeness (QED) is 0.906. The van der Waals surface area contributed by atoms with Gasteiger partial charge >= 0.3 is 0 Å². The average Bonchev–Trinajstić information content (AvgIpc) is 2.95. The first-order valence-electron chi connectivity index (χ1n) is 7.26. The highest BCUT2D eigenvalue weighted by atomic mass is 35.5. The average molecular weight is 359 g/mol. The first-order chi connectivity index (χ1) is 10.6. The van der Waals surface area contributed by atoms with E-state index in [1.807, 2.05) is 19.1 Å². The Morgan fingerprint density at radius 3 is 3.04 bits per heavy atom. The normalized spacial score (nSPS) is 18.5. The predicted octanol–water partition coefficient (Wildman–Crippen LogP) is 2.61. The van der Waals surface area contributed by atoms with Crippen molar-refractivity contribution in [2.24, 2.45) is 0 Å². The largest absolute Gasteiger partial charge is 0.483 e. The van der Waals surface area contributed by atoms with Crippen molar-refractivity contribution in [3.8, 4) is 5.75 Å². The number of hydrogen-bond donors (Lipinski definition) is 1. The molecular weight excluding hydrogens is 339 g/mol. The van der Waals surface area contributed by atoms with E-state index < -0.39 is 0 Å². The molecule has 1 aromatic heterocycles. The van der Waals surface area contributed by atoms with Gasteiger partial charge in [0, 0.05) is 24.7 Å². The third kappa shape index (κ3) is 4.35. The number of rotatable bonds is 4. The third-order valence-corrected chi connectivity index (χ3v) is 4.02. The van der Waals surface area contributed by atoms with Gasteiger partial charge in [-0.1, -0.05) is 16.8 Å². The van der Waals surface area contributed by atoms with Gasteiger partial charge in [0.25, 0.3) is 5.89 Å². The number of hydrogen-bond acceptors (Lipinski definition) is 6. The van der Waals surface area contributed by atoms with Crippen molar-refractivity contribution >= 4 is 24.0 Å². The van der Waals surface area contributed by atoms with E-state index in [9.17, 15) is 0 Å². The molecule has 1 aliphatic heterocycles. The van der Waals surface area contributed by atoms with Gasteiger partial charge in [0.2, 0.25) is 0 Å². The lowest BCUT2D eigenvalue weighted by Crippen LogP contribution is -2.44. The summed E-state index contributed by atoms with van der Waals surface area (Å²) < 4.78 is 11.0. The number of nitrogens with zero attached hydrogens (tertiary/aromatic N) is 3. The molecule has 0 spiro atoms. The molecule has 2 heterocycles. The summed E-state index contributed by atoms with van der Waals surface area (Å²) >= 11 is 5.93. The molecule has 1 saturated heterocycles. The summed E-state index contributed by atoms with van der Waals surface area (Å²) in [6.07, 6.45) is 0. The first kappa shape index (κ1) is 18.0. The number of piperazine rings is 1. The van der Waals surface area contributed by atoms with E-state index in [4.69, 9.17) is 20.9 Å². The number of halogens is 2. The molecular formula is C15H20Cl2N4O2. The van der Waals surface area contributed by atoms with E-state index in [1.165, 1.54) is 0 Å². The minimum absolute atomic E-state index is 0. The second kappa shape index (κ2) is 7.97. The summed E-state index contributed by atoms with van der Waals surface area (Å²) in [5, 5.41) is 8.10. The van der Waals surface area contributed by atoms with Crippen molar-refractivity contribution in [1.82, 2.24) is 20.4 Å². The minimum Gasteiger partial charge on any atom is -0.483 e. The number of aryl methyl sites for hydroxylation is 1. The van der Waals surface area contributed by atoms with Crippen molar-refractivity contribution in [2.75, 3.05) is 26.7 Å². The fourth-order valence-corrected chi connectivity index (χ4v) is 2.70. The Morgan fingerprint density at radius 1 is 1.48 bits per heavy atom. The fourth-order valence-electron chi connectivity index (χ4n) is 2.47. The zero-order valence-corrected chi connectivity index (χ0v) is 14.7. The van der Waals surface area contributed by atoms with Gasteiger partial charge in [-0.25, -0.2) is 0 Å². The maximum Gasteiger partial charge on any atom is 0.264 e. The fraction of sp³-hybridized carbons (Fsp3) is 0.467. The molecule has 1 aliphatic rings. The molecule has 1 fully saturated rings. The summed E-state index contributed by atoms with van der Waals surface area (Å²) in [5.74, 6) is 1.94. The Hall–Kier alpha value is -1.34. The van der Waals surface area contributed by atoms with Crippen molar-refractivity contribution in [3.05, 3.63) is 40.5 Å². The van der Waals surface area contributed by atoms with Crippen LogP contribution in [0.2, 0.25) is 5.02 Å². The maximum absolute atomic E-state index is 5.93. The number of likely N-dealkylation sites (N-methyl/N-ethyl adjacent to an activating group) is 1. The van der Waals surface area contributed by atoms with Crippen molar-refractivity contribution in [3.63, 3.8) is 0 Å². The number of nitrogens with one attached hydrogen (secondary N) is 1. The molecule has 3 rings (SSSR count). The van der Waals surface area contributed by atoms with E-state index in [0.717, 1.165) is 30.9 Å². The summed E-state index contributed by atoms with van der Waals surface area (Å²) in [7, 11) is 2.06. The van der Waals surface area contributed by atoms with Crippen LogP contribution < -0.4 is 10.1 Å². The molecule has 1 unspecified atom stereocenters. The Morgan fingerprint density at radius 2 is 2.30 bits per heavy atom. The van der Waals surface area contributed by atoms with Crippen LogP contribution in [0.5, 0.6) is 5.75 Å². The van der Waals surface area contributed by atoms with E-state index in [1.54, 1.807) is 6.07 Å². The van der Waals surface area contributed by atoms with Crippen LogP contribution >= 0.6 is 24.0 Å². The lowest BCUT2D eigenvalue weighted by molar-refractivity contribution is 0.189. The standard InChI is InChI=1S/C15H19ClN4O2.ClH/c1-10-7-11(16)3-4-13(10)21-9-14-18-15(19-22-14)12-8-17-5-6-20(12)2;/h3-4,7,12,17H,5-6,8-9H2,1-2H3;1H. The number of aromatic nitrogens is 2. The van der Waals surface area contributed by atoms with Gasteiger partial charge in [0.05, 0.1) is 6.04 Å². The van der Waals surface area contributed by atoms with E-state index in [-0.39, 0.29) is 25.1 Å². The van der Waals surface area contributed by atoms with Crippen LogP contribution in [0, 0.1) is 6.92 Å². The van der Waals surface area contributed by atoms with Crippen LogP contribution in [0.3, 0.4) is 0 Å². The zero-order chi connectivity index (χ0) is 15.5. The minimum atomic E-state index is 0. The Balaban J connectivity index is 0.00000192. The van der Waals surface area contributed by atoms with Gasteiger partial charge in [0.1, 0.15) is 5.75 Å². The molecule has 1 aromatic carbocycles. The van der Waals surface area contributed by atoms with Crippen molar-refractivity contribution < 1.29 is 9.26 Å². The number of benzene rings is 1. The van der Waals surface area contributed by atoms with Gasteiger partial charge in [-0.15, -0.1) is 12.4 Å². The topological polar surface area (TPSA) is 63.4 Å². The summed E-state index contributed by atoms with van der Waals surface area (Å²) in [6, 6.07) is 5.64. The van der Waals surface area contributed by atoms with Crippen LogP contribution in [0.4, 0.5) is 0 Å². The summed E-state index contributed by atoms with van der Waals surface area (Å²) in [5.41, 5.74) is 0.975. The molecule has 1 atom stereocenters. The van der Waals surface area contributed by atoms with Gasteiger partial charge < -0.3 is 14.6 Å². The third-order valence-electron chi connectivity index (χ3n) is 3.78. The second-order valence-electron chi connectivity index (χ2n) is 5.45. The lowest BCUT2D eigenvalue weighted by atomic mass is 10.2. The highest BCUT2D eigenvalue weighted by Crippen LogP contribution is 2.23. The molecule has 0 amide bonds. The molecule has 1 N–H and O–H groups in total. The van der Waals surface area contributed by atoms with Crippen LogP contribution in [-0.4, -0.2) is 41.7 Å². The second-order valence-corrected chi connectivity index (χ2v) is 5.88. The highest BCUT2D eigenvalue weighted by molar-refractivity contribution is 6.30. The molecule has 2 aromatic rings. The Labute approximate surface area is 146 Å². The molecule has 0 radical (unpaired) electrons. The molecule has 0 bridgehead atoms. The Kier molecular flexibility index (Phi) is 6.24. The van der Waals surface area contributed by atoms with Crippen LogP contribution in [0.1, 0.15) is 23.3 Å². The van der Waals surface area contributed by atoms with Gasteiger partial charge in [0.15, 0.2) is 12.4 Å². The molecule has 0 aliphatic carbocycles. The highest BCUT2D eigenvalue weighted by Gasteiger charge is 2.25. The van der Waals surface area contributed by atoms with Gasteiger partial charge in [-0.3, -0.25) is 4.90 Å². The maximum atomic E-state index is 5.93. The summed E-state index contributed by atoms with van der Waals surface area (Å²) in [4.78, 5) is 6.65. The SMILES string of the molecule is Cc1cc(Cl)ccc1OCc1nc(C2CNCCN2C)no1.Cl. The first-order valence-corrected chi connectivity index (χ1v) is 7.63. The zero-order valence-electron chi connectivity index (χ0n) is 13.1. The summed E-state index contributed by atoms with van der Waals surface area (Å²) in [6.45, 7) is 4.97. The molecule has 6 nitrogen and oxygen atoms in total. The Bertz CT molecular complexity index is 650. The van der Waals surface area contributed by atoms with E-state index in [2.05, 4.69) is 27.4 Å². The molecule has 23 heavy (non-hydrogen) atoms. The van der Waals surface area contributed by atoms with Crippen LogP contribution in [0.15, 0.2) is 22.7 Å². The smallest absolute Gasteiger partial charge is 0.264 e. The van der Waals surface area contributed by atoms with E-state index in [0.29, 0.717) is 16.7 Å². The molecule has 126 valence electrons. The van der Waals surface area contributed by atoms with Gasteiger partial charge in [-0.05, 0) is 37.7 Å². The van der Waals surface area contributed by atoms with E-state index >= 15 is 0 Å². The predicted molar refractivity (Wildman–Crippen MR) is 90.3 cm³/mol.